The lowest BCUT2D eigenvalue weighted by atomic mass is 9.85. The van der Waals surface area contributed by atoms with Gasteiger partial charge in [-0.25, -0.2) is 5.48 Å². The maximum atomic E-state index is 13.2. The van der Waals surface area contributed by atoms with Crippen molar-refractivity contribution < 1.29 is 19.6 Å². The molecule has 0 aliphatic heterocycles. The van der Waals surface area contributed by atoms with E-state index in [2.05, 4.69) is 15.6 Å². The normalized spacial score (nSPS) is 13.7. The van der Waals surface area contributed by atoms with Gasteiger partial charge in [0.15, 0.2) is 0 Å². The quantitative estimate of drug-likeness (QED) is 0.315. The van der Waals surface area contributed by atoms with Crippen LogP contribution in [0.3, 0.4) is 0 Å². The van der Waals surface area contributed by atoms with Crippen LogP contribution in [-0.2, 0) is 27.3 Å². The number of amides is 3. The molecule has 172 valence electrons. The Morgan fingerprint density at radius 2 is 1.62 bits per heavy atom. The fourth-order valence-corrected chi connectivity index (χ4v) is 3.48. The lowest BCUT2D eigenvalue weighted by molar-refractivity contribution is -0.141. The summed E-state index contributed by atoms with van der Waals surface area (Å²) in [5, 5.41) is 14.7. The molecule has 2 aromatic rings. The van der Waals surface area contributed by atoms with Crippen LogP contribution >= 0.6 is 0 Å². The van der Waals surface area contributed by atoms with Gasteiger partial charge in [-0.2, -0.15) is 0 Å². The van der Waals surface area contributed by atoms with Crippen molar-refractivity contribution in [1.29, 1.82) is 0 Å². The Morgan fingerprint density at radius 3 is 2.22 bits per heavy atom. The van der Waals surface area contributed by atoms with Crippen LogP contribution in [0.5, 0.6) is 0 Å². The number of aromatic nitrogens is 1. The van der Waals surface area contributed by atoms with Crippen molar-refractivity contribution in [3.63, 3.8) is 0 Å². The van der Waals surface area contributed by atoms with E-state index in [-0.39, 0.29) is 18.4 Å². The average molecular weight is 441 g/mol. The maximum absolute atomic E-state index is 13.2. The lowest BCUT2D eigenvalue weighted by Crippen LogP contribution is -2.51. The first-order valence-corrected chi connectivity index (χ1v) is 10.8. The molecule has 0 radical (unpaired) electrons. The Labute approximate surface area is 188 Å². The van der Waals surface area contributed by atoms with Gasteiger partial charge >= 0.3 is 0 Å². The third-order valence-corrected chi connectivity index (χ3v) is 5.29. The minimum absolute atomic E-state index is 0.145. The van der Waals surface area contributed by atoms with Crippen molar-refractivity contribution in [3.8, 4) is 0 Å². The Hall–Kier alpha value is -3.26. The van der Waals surface area contributed by atoms with Crippen LogP contribution in [0, 0.1) is 17.8 Å². The zero-order valence-electron chi connectivity index (χ0n) is 18.7. The predicted octanol–water partition coefficient (Wildman–Crippen LogP) is 2.23. The molecule has 32 heavy (non-hydrogen) atoms. The molecule has 0 aliphatic carbocycles. The SMILES string of the molecule is CC(C)C[C@@H](C(=O)N[C@@H](Cc1ccccc1)C(=O)NCc1cccnc1)[C@H](C)C(=O)NO. The van der Waals surface area contributed by atoms with Gasteiger partial charge in [-0.05, 0) is 29.5 Å². The molecule has 0 bridgehead atoms. The number of nitrogens with one attached hydrogen (secondary N) is 3. The van der Waals surface area contributed by atoms with E-state index in [9.17, 15) is 14.4 Å². The summed E-state index contributed by atoms with van der Waals surface area (Å²) in [5.41, 5.74) is 3.37. The molecule has 0 saturated carbocycles. The predicted molar refractivity (Wildman–Crippen MR) is 120 cm³/mol. The third kappa shape index (κ3) is 7.77. The summed E-state index contributed by atoms with van der Waals surface area (Å²) in [4.78, 5) is 42.2. The minimum Gasteiger partial charge on any atom is -0.350 e. The summed E-state index contributed by atoms with van der Waals surface area (Å²) < 4.78 is 0. The second kappa shape index (κ2) is 12.6. The first kappa shape index (κ1) is 25.0. The molecule has 1 aromatic carbocycles. The fraction of sp³-hybridized carbons (Fsp3) is 0.417. The highest BCUT2D eigenvalue weighted by Crippen LogP contribution is 2.22. The maximum Gasteiger partial charge on any atom is 0.246 e. The third-order valence-electron chi connectivity index (χ3n) is 5.29. The Balaban J connectivity index is 2.18. The highest BCUT2D eigenvalue weighted by Gasteiger charge is 2.33. The van der Waals surface area contributed by atoms with Crippen molar-refractivity contribution in [3.05, 3.63) is 66.0 Å². The van der Waals surface area contributed by atoms with Crippen molar-refractivity contribution >= 4 is 17.7 Å². The van der Waals surface area contributed by atoms with Crippen molar-refractivity contribution in [2.45, 2.75) is 46.2 Å². The molecule has 0 aliphatic rings. The van der Waals surface area contributed by atoms with Crippen LogP contribution in [0.25, 0.3) is 0 Å². The van der Waals surface area contributed by atoms with Crippen LogP contribution in [0.15, 0.2) is 54.9 Å². The molecule has 0 fully saturated rings. The van der Waals surface area contributed by atoms with E-state index in [1.165, 1.54) is 0 Å². The number of pyridine rings is 1. The van der Waals surface area contributed by atoms with E-state index in [1.807, 2.05) is 50.2 Å². The summed E-state index contributed by atoms with van der Waals surface area (Å²) in [6.45, 7) is 5.78. The topological polar surface area (TPSA) is 120 Å². The van der Waals surface area contributed by atoms with Gasteiger partial charge in [0.1, 0.15) is 6.04 Å². The number of benzene rings is 1. The molecule has 0 saturated heterocycles. The van der Waals surface area contributed by atoms with E-state index < -0.39 is 29.7 Å². The van der Waals surface area contributed by atoms with Crippen molar-refractivity contribution in [1.82, 2.24) is 21.1 Å². The van der Waals surface area contributed by atoms with Gasteiger partial charge in [0.25, 0.3) is 0 Å². The minimum atomic E-state index is -0.819. The lowest BCUT2D eigenvalue weighted by Gasteiger charge is -2.26. The van der Waals surface area contributed by atoms with E-state index >= 15 is 0 Å². The highest BCUT2D eigenvalue weighted by atomic mass is 16.5. The Kier molecular flexibility index (Phi) is 9.81. The molecule has 0 spiro atoms. The van der Waals surface area contributed by atoms with Crippen LogP contribution < -0.4 is 16.1 Å². The van der Waals surface area contributed by atoms with Crippen molar-refractivity contribution in [2.75, 3.05) is 0 Å². The standard InChI is InChI=1S/C24H32N4O4/c1-16(2)12-20(17(3)22(29)28-32)23(30)27-21(13-18-8-5-4-6-9-18)24(31)26-15-19-10-7-11-25-14-19/h4-11,14,16-17,20-21,32H,12-13,15H2,1-3H3,(H,26,31)(H,27,30)(H,28,29)/t17-,20+,21-/m0/s1. The van der Waals surface area contributed by atoms with Gasteiger partial charge in [-0.3, -0.25) is 24.6 Å². The molecule has 3 amide bonds. The molecule has 1 aromatic heterocycles. The summed E-state index contributed by atoms with van der Waals surface area (Å²) in [6.07, 6.45) is 4.07. The molecule has 0 unspecified atom stereocenters. The monoisotopic (exact) mass is 440 g/mol. The highest BCUT2D eigenvalue weighted by molar-refractivity contribution is 5.91. The van der Waals surface area contributed by atoms with Gasteiger partial charge in [-0.1, -0.05) is 57.2 Å². The van der Waals surface area contributed by atoms with Gasteiger partial charge < -0.3 is 10.6 Å². The largest absolute Gasteiger partial charge is 0.350 e. The van der Waals surface area contributed by atoms with E-state index in [0.29, 0.717) is 12.8 Å². The number of nitrogens with zero attached hydrogens (tertiary/aromatic N) is 1. The second-order valence-corrected chi connectivity index (χ2v) is 8.33. The number of rotatable bonds is 11. The van der Waals surface area contributed by atoms with Gasteiger partial charge in [0.05, 0.1) is 0 Å². The Morgan fingerprint density at radius 1 is 0.938 bits per heavy atom. The van der Waals surface area contributed by atoms with Gasteiger partial charge in [0.2, 0.25) is 17.7 Å². The average Bonchev–Trinajstić information content (AvgIpc) is 2.80. The summed E-state index contributed by atoms with van der Waals surface area (Å²) in [5.74, 6) is -2.65. The van der Waals surface area contributed by atoms with Gasteiger partial charge in [0, 0.05) is 37.2 Å². The number of hydrogen-bond acceptors (Lipinski definition) is 5. The zero-order chi connectivity index (χ0) is 23.5. The molecule has 8 heteroatoms. The molecular weight excluding hydrogens is 408 g/mol. The first-order chi connectivity index (χ1) is 15.3. The van der Waals surface area contributed by atoms with E-state index in [4.69, 9.17) is 5.21 Å². The summed E-state index contributed by atoms with van der Waals surface area (Å²) in [6, 6.07) is 12.2. The Bertz CT molecular complexity index is 874. The molecule has 4 N–H and O–H groups in total. The summed E-state index contributed by atoms with van der Waals surface area (Å²) >= 11 is 0. The van der Waals surface area contributed by atoms with Crippen molar-refractivity contribution in [2.24, 2.45) is 17.8 Å². The summed E-state index contributed by atoms with van der Waals surface area (Å²) in [7, 11) is 0. The molecule has 8 nitrogen and oxygen atoms in total. The molecule has 1 heterocycles. The van der Waals surface area contributed by atoms with Gasteiger partial charge in [-0.15, -0.1) is 0 Å². The van der Waals surface area contributed by atoms with E-state index in [1.54, 1.807) is 30.9 Å². The van der Waals surface area contributed by atoms with Crippen LogP contribution in [0.1, 0.15) is 38.3 Å². The van der Waals surface area contributed by atoms with E-state index in [0.717, 1.165) is 11.1 Å². The molecular formula is C24H32N4O4. The molecule has 2 rings (SSSR count). The van der Waals surface area contributed by atoms with Crippen LogP contribution in [0.4, 0.5) is 0 Å². The number of hydrogen-bond donors (Lipinski definition) is 4. The number of carbonyl (C=O) groups is 3. The smallest absolute Gasteiger partial charge is 0.246 e. The van der Waals surface area contributed by atoms with Crippen LogP contribution in [0.2, 0.25) is 0 Å². The molecule has 3 atom stereocenters. The fourth-order valence-electron chi connectivity index (χ4n) is 3.48. The number of hydroxylamine groups is 1. The second-order valence-electron chi connectivity index (χ2n) is 8.33. The number of carbonyl (C=O) groups excluding carboxylic acids is 3. The zero-order valence-corrected chi connectivity index (χ0v) is 18.7. The first-order valence-electron chi connectivity index (χ1n) is 10.8. The van der Waals surface area contributed by atoms with Crippen LogP contribution in [-0.4, -0.2) is 34.0 Å².